The summed E-state index contributed by atoms with van der Waals surface area (Å²) in [7, 11) is 3.72. The molecule has 2 aliphatic rings. The zero-order valence-corrected chi connectivity index (χ0v) is 13.5. The highest BCUT2D eigenvalue weighted by Gasteiger charge is 2.52. The van der Waals surface area contributed by atoms with Crippen LogP contribution >= 0.6 is 0 Å². The third-order valence-corrected chi connectivity index (χ3v) is 5.51. The summed E-state index contributed by atoms with van der Waals surface area (Å²) in [5.74, 6) is 0.560. The number of methoxy groups -OCH3 is 1. The molecule has 2 aliphatic heterocycles. The van der Waals surface area contributed by atoms with E-state index in [0.717, 1.165) is 39.1 Å². The molecule has 0 unspecified atom stereocenters. The largest absolute Gasteiger partial charge is 0.383 e. The van der Waals surface area contributed by atoms with Gasteiger partial charge in [0.05, 0.1) is 12.1 Å². The number of likely N-dealkylation sites (tertiary alicyclic amines) is 2. The first-order chi connectivity index (χ1) is 10.7. The molecule has 3 heterocycles. The monoisotopic (exact) mass is 303 g/mol. The van der Waals surface area contributed by atoms with Crippen LogP contribution in [0.1, 0.15) is 30.7 Å². The summed E-state index contributed by atoms with van der Waals surface area (Å²) in [6, 6.07) is 4.13. The Kier molecular flexibility index (Phi) is 4.45. The number of piperidine rings is 1. The van der Waals surface area contributed by atoms with Crippen LogP contribution in [0.2, 0.25) is 0 Å². The molecule has 120 valence electrons. The molecule has 0 N–H and O–H groups in total. The fourth-order valence-corrected chi connectivity index (χ4v) is 4.08. The van der Waals surface area contributed by atoms with E-state index in [0.29, 0.717) is 6.42 Å². The Morgan fingerprint density at radius 3 is 2.64 bits per heavy atom. The van der Waals surface area contributed by atoms with Crippen LogP contribution in [0, 0.1) is 0 Å². The Hall–Kier alpha value is -1.46. The van der Waals surface area contributed by atoms with Crippen LogP contribution in [0.3, 0.4) is 0 Å². The van der Waals surface area contributed by atoms with Gasteiger partial charge in [0.1, 0.15) is 0 Å². The third-order valence-electron chi connectivity index (χ3n) is 5.51. The van der Waals surface area contributed by atoms with Crippen LogP contribution < -0.4 is 0 Å². The van der Waals surface area contributed by atoms with Gasteiger partial charge in [-0.2, -0.15) is 0 Å². The zero-order chi connectivity index (χ0) is 15.6. The van der Waals surface area contributed by atoms with Crippen molar-refractivity contribution in [2.45, 2.75) is 30.7 Å². The Bertz CT molecular complexity index is 512. The second-order valence-corrected chi connectivity index (χ2v) is 6.43. The molecule has 5 nitrogen and oxygen atoms in total. The van der Waals surface area contributed by atoms with Crippen molar-refractivity contribution in [1.29, 1.82) is 0 Å². The topological polar surface area (TPSA) is 45.7 Å². The molecule has 0 radical (unpaired) electrons. The van der Waals surface area contributed by atoms with Crippen molar-refractivity contribution in [3.8, 4) is 0 Å². The molecule has 3 rings (SSSR count). The van der Waals surface area contributed by atoms with E-state index in [4.69, 9.17) is 4.74 Å². The van der Waals surface area contributed by atoms with Gasteiger partial charge < -0.3 is 14.5 Å². The third kappa shape index (κ3) is 2.63. The maximum Gasteiger partial charge on any atom is 0.223 e. The van der Waals surface area contributed by atoms with Gasteiger partial charge in [-0.3, -0.25) is 9.78 Å². The first-order valence-electron chi connectivity index (χ1n) is 8.05. The summed E-state index contributed by atoms with van der Waals surface area (Å²) in [4.78, 5) is 20.9. The van der Waals surface area contributed by atoms with Crippen molar-refractivity contribution in [3.05, 3.63) is 30.1 Å². The quantitative estimate of drug-likeness (QED) is 0.846. The number of carbonyl (C=O) groups excluding carboxylic acids is 1. The van der Waals surface area contributed by atoms with Gasteiger partial charge >= 0.3 is 0 Å². The number of hydrogen-bond donors (Lipinski definition) is 0. The van der Waals surface area contributed by atoms with Gasteiger partial charge in [-0.25, -0.2) is 0 Å². The molecular formula is C17H25N3O2. The molecular weight excluding hydrogens is 278 g/mol. The number of nitrogens with zero attached hydrogens (tertiary/aromatic N) is 3. The normalized spacial score (nSPS) is 25.1. The van der Waals surface area contributed by atoms with Crippen LogP contribution in [-0.4, -0.2) is 66.6 Å². The lowest BCUT2D eigenvalue weighted by Crippen LogP contribution is -2.54. The van der Waals surface area contributed by atoms with Crippen LogP contribution in [0.25, 0.3) is 0 Å². The number of ether oxygens (including phenoxy) is 1. The van der Waals surface area contributed by atoms with Gasteiger partial charge in [0.2, 0.25) is 5.91 Å². The lowest BCUT2D eigenvalue weighted by atomic mass is 9.74. The molecule has 1 aromatic heterocycles. The maximum absolute atomic E-state index is 12.4. The van der Waals surface area contributed by atoms with E-state index in [9.17, 15) is 4.79 Å². The molecule has 22 heavy (non-hydrogen) atoms. The summed E-state index contributed by atoms with van der Waals surface area (Å²) in [5, 5.41) is 0. The zero-order valence-electron chi connectivity index (χ0n) is 13.5. The highest BCUT2D eigenvalue weighted by Crippen LogP contribution is 2.47. The molecule has 0 saturated carbocycles. The first-order valence-corrected chi connectivity index (χ1v) is 8.05. The summed E-state index contributed by atoms with van der Waals surface area (Å²) in [6.45, 7) is 3.81. The molecule has 1 aromatic rings. The number of amides is 1. The standard InChI is InChI=1S/C17H25N3O2/c1-19-16(21)13-15(14-3-7-18-8-4-14)17(19)5-9-20(10-6-17)11-12-22-2/h3-4,7-8,15H,5-6,9-13H2,1-2H3/t15-/m1/s1. The minimum atomic E-state index is -0.0258. The van der Waals surface area contributed by atoms with E-state index in [-0.39, 0.29) is 17.4 Å². The Balaban J connectivity index is 1.79. The molecule has 1 atom stereocenters. The SMILES string of the molecule is COCCN1CCC2(CC1)[C@@H](c1ccncc1)CC(=O)N2C. The summed E-state index contributed by atoms with van der Waals surface area (Å²) >= 11 is 0. The van der Waals surface area contributed by atoms with Gasteiger partial charge in [-0.15, -0.1) is 0 Å². The molecule has 0 aromatic carbocycles. The highest BCUT2D eigenvalue weighted by atomic mass is 16.5. The second kappa shape index (κ2) is 6.34. The lowest BCUT2D eigenvalue weighted by molar-refractivity contribution is -0.130. The predicted octanol–water partition coefficient (Wildman–Crippen LogP) is 1.51. The van der Waals surface area contributed by atoms with E-state index in [1.54, 1.807) is 7.11 Å². The minimum absolute atomic E-state index is 0.0258. The van der Waals surface area contributed by atoms with E-state index >= 15 is 0 Å². The first kappa shape index (κ1) is 15.4. The van der Waals surface area contributed by atoms with Crippen molar-refractivity contribution in [2.75, 3.05) is 40.4 Å². The van der Waals surface area contributed by atoms with Crippen LogP contribution in [-0.2, 0) is 9.53 Å². The van der Waals surface area contributed by atoms with Gasteiger partial charge in [0, 0.05) is 58.5 Å². The summed E-state index contributed by atoms with van der Waals surface area (Å²) in [6.07, 6.45) is 6.36. The minimum Gasteiger partial charge on any atom is -0.383 e. The number of pyridine rings is 1. The van der Waals surface area contributed by atoms with Crippen molar-refractivity contribution >= 4 is 5.91 Å². The molecule has 2 saturated heterocycles. The van der Waals surface area contributed by atoms with Crippen LogP contribution in [0.15, 0.2) is 24.5 Å². The molecule has 1 spiro atoms. The number of carbonyl (C=O) groups is 1. The van der Waals surface area contributed by atoms with Crippen molar-refractivity contribution in [1.82, 2.24) is 14.8 Å². The maximum atomic E-state index is 12.4. The van der Waals surface area contributed by atoms with E-state index < -0.39 is 0 Å². The lowest BCUT2D eigenvalue weighted by Gasteiger charge is -2.46. The smallest absolute Gasteiger partial charge is 0.223 e. The Morgan fingerprint density at radius 2 is 2.00 bits per heavy atom. The molecule has 0 bridgehead atoms. The van der Waals surface area contributed by atoms with E-state index in [2.05, 4.69) is 22.0 Å². The number of likely N-dealkylation sites (N-methyl/N-ethyl adjacent to an activating group) is 1. The van der Waals surface area contributed by atoms with Crippen molar-refractivity contribution in [3.63, 3.8) is 0 Å². The number of hydrogen-bond acceptors (Lipinski definition) is 4. The summed E-state index contributed by atoms with van der Waals surface area (Å²) in [5.41, 5.74) is 1.22. The predicted molar refractivity (Wildman–Crippen MR) is 84.6 cm³/mol. The Labute approximate surface area is 132 Å². The van der Waals surface area contributed by atoms with Crippen LogP contribution in [0.4, 0.5) is 0 Å². The average molecular weight is 303 g/mol. The van der Waals surface area contributed by atoms with Crippen LogP contribution in [0.5, 0.6) is 0 Å². The fourth-order valence-electron chi connectivity index (χ4n) is 4.08. The van der Waals surface area contributed by atoms with E-state index in [1.165, 1.54) is 5.56 Å². The molecule has 2 fully saturated rings. The van der Waals surface area contributed by atoms with Gasteiger partial charge in [0.25, 0.3) is 0 Å². The molecule has 1 amide bonds. The molecule has 5 heteroatoms. The highest BCUT2D eigenvalue weighted by molar-refractivity contribution is 5.81. The second-order valence-electron chi connectivity index (χ2n) is 6.43. The van der Waals surface area contributed by atoms with Gasteiger partial charge in [-0.05, 0) is 30.5 Å². The van der Waals surface area contributed by atoms with Gasteiger partial charge in [0.15, 0.2) is 0 Å². The Morgan fingerprint density at radius 1 is 1.32 bits per heavy atom. The fraction of sp³-hybridized carbons (Fsp3) is 0.647. The molecule has 0 aliphatic carbocycles. The number of aromatic nitrogens is 1. The summed E-state index contributed by atoms with van der Waals surface area (Å²) < 4.78 is 5.18. The van der Waals surface area contributed by atoms with E-state index in [1.807, 2.05) is 24.3 Å². The van der Waals surface area contributed by atoms with Gasteiger partial charge in [-0.1, -0.05) is 0 Å². The number of rotatable bonds is 4. The average Bonchev–Trinajstić information content (AvgIpc) is 2.80. The van der Waals surface area contributed by atoms with Crippen molar-refractivity contribution < 1.29 is 9.53 Å². The van der Waals surface area contributed by atoms with Crippen molar-refractivity contribution in [2.24, 2.45) is 0 Å².